The molecular formula is C33H53N5O8. The van der Waals surface area contributed by atoms with E-state index in [2.05, 4.69) is 26.6 Å². The number of amides is 5. The molecule has 1 aromatic carbocycles. The van der Waals surface area contributed by atoms with Crippen molar-refractivity contribution in [2.75, 3.05) is 0 Å². The summed E-state index contributed by atoms with van der Waals surface area (Å²) < 4.78 is 10.6. The highest BCUT2D eigenvalue weighted by molar-refractivity contribution is 6.00. The van der Waals surface area contributed by atoms with Gasteiger partial charge in [0.2, 0.25) is 23.6 Å². The average molecular weight is 648 g/mol. The molecule has 13 heteroatoms. The Hall–Kier alpha value is -4.16. The highest BCUT2D eigenvalue weighted by Crippen LogP contribution is 2.16. The van der Waals surface area contributed by atoms with Crippen LogP contribution in [0.2, 0.25) is 0 Å². The van der Waals surface area contributed by atoms with Gasteiger partial charge in [-0.05, 0) is 87.6 Å². The van der Waals surface area contributed by atoms with E-state index in [9.17, 15) is 28.8 Å². The molecule has 0 saturated heterocycles. The molecule has 0 radical (unpaired) electrons. The van der Waals surface area contributed by atoms with Gasteiger partial charge in [-0.1, -0.05) is 44.2 Å². The molecular weight excluding hydrogens is 594 g/mol. The molecule has 46 heavy (non-hydrogen) atoms. The Balaban J connectivity index is 2.86. The molecule has 13 nitrogen and oxygen atoms in total. The molecule has 0 saturated carbocycles. The average Bonchev–Trinajstić information content (AvgIpc) is 2.88. The van der Waals surface area contributed by atoms with Gasteiger partial charge in [-0.25, -0.2) is 9.59 Å². The van der Waals surface area contributed by atoms with E-state index in [1.807, 2.05) is 6.07 Å². The molecule has 5 N–H and O–H groups in total. The van der Waals surface area contributed by atoms with Gasteiger partial charge in [0, 0.05) is 0 Å². The Kier molecular flexibility index (Phi) is 13.0. The second-order valence-corrected chi connectivity index (χ2v) is 14.8. The van der Waals surface area contributed by atoms with Crippen molar-refractivity contribution in [3.63, 3.8) is 0 Å². The summed E-state index contributed by atoms with van der Waals surface area (Å²) in [4.78, 5) is 77.9. The number of carbonyl (C=O) groups excluding carboxylic acids is 6. The number of esters is 1. The van der Waals surface area contributed by atoms with Gasteiger partial charge in [-0.3, -0.25) is 19.2 Å². The maximum Gasteiger partial charge on any atom is 0.408 e. The van der Waals surface area contributed by atoms with E-state index in [0.29, 0.717) is 0 Å². The van der Waals surface area contributed by atoms with Gasteiger partial charge >= 0.3 is 12.1 Å². The van der Waals surface area contributed by atoms with Crippen LogP contribution in [0.25, 0.3) is 0 Å². The molecule has 0 heterocycles. The number of rotatable bonds is 13. The van der Waals surface area contributed by atoms with Crippen molar-refractivity contribution in [2.24, 2.45) is 5.92 Å². The number of carbonyl (C=O) groups is 6. The van der Waals surface area contributed by atoms with Crippen molar-refractivity contribution in [1.29, 1.82) is 0 Å². The topological polar surface area (TPSA) is 181 Å². The molecule has 0 aliphatic carbocycles. The highest BCUT2D eigenvalue weighted by atomic mass is 16.6. The van der Waals surface area contributed by atoms with Gasteiger partial charge in [0.15, 0.2) is 0 Å². The van der Waals surface area contributed by atoms with Crippen LogP contribution in [0.5, 0.6) is 0 Å². The summed E-state index contributed by atoms with van der Waals surface area (Å²) in [5.74, 6) is -3.58. The Morgan fingerprint density at radius 2 is 1.00 bits per heavy atom. The fraction of sp³-hybridized carbons (Fsp3) is 0.636. The first-order valence-electron chi connectivity index (χ1n) is 15.2. The van der Waals surface area contributed by atoms with Crippen molar-refractivity contribution in [2.45, 2.75) is 130 Å². The lowest BCUT2D eigenvalue weighted by Gasteiger charge is -2.36. The number of hydrogen-bond acceptors (Lipinski definition) is 8. The highest BCUT2D eigenvalue weighted by Gasteiger charge is 2.43. The third kappa shape index (κ3) is 12.3. The summed E-state index contributed by atoms with van der Waals surface area (Å²) in [7, 11) is 0. The molecule has 0 unspecified atom stereocenters. The van der Waals surface area contributed by atoms with Crippen molar-refractivity contribution in [1.82, 2.24) is 26.6 Å². The molecule has 258 valence electrons. The molecule has 1 rings (SSSR count). The summed E-state index contributed by atoms with van der Waals surface area (Å²) in [5, 5.41) is 13.0. The minimum absolute atomic E-state index is 0.00985. The third-order valence-electron chi connectivity index (χ3n) is 6.79. The number of alkyl carbamates (subject to hydrolysis) is 1. The summed E-state index contributed by atoms with van der Waals surface area (Å²) in [6, 6.07) is 8.07. The van der Waals surface area contributed by atoms with Gasteiger partial charge in [-0.2, -0.15) is 0 Å². The number of ether oxygens (including phenoxy) is 2. The van der Waals surface area contributed by atoms with Gasteiger partial charge in [-0.15, -0.1) is 0 Å². The van der Waals surface area contributed by atoms with E-state index in [1.165, 1.54) is 55.4 Å². The van der Waals surface area contributed by atoms with Crippen molar-refractivity contribution in [3.05, 3.63) is 35.9 Å². The van der Waals surface area contributed by atoms with E-state index in [-0.39, 0.29) is 12.5 Å². The van der Waals surface area contributed by atoms with Crippen LogP contribution in [0.4, 0.5) is 4.79 Å². The zero-order chi connectivity index (χ0) is 35.9. The van der Waals surface area contributed by atoms with Crippen LogP contribution >= 0.6 is 0 Å². The van der Waals surface area contributed by atoms with E-state index in [0.717, 1.165) is 5.56 Å². The van der Waals surface area contributed by atoms with Crippen molar-refractivity contribution < 1.29 is 38.2 Å². The molecule has 0 aromatic heterocycles. The van der Waals surface area contributed by atoms with Crippen LogP contribution in [0.15, 0.2) is 30.3 Å². The summed E-state index contributed by atoms with van der Waals surface area (Å²) in [6.07, 6.45) is -0.818. The monoisotopic (exact) mass is 647 g/mol. The second-order valence-electron chi connectivity index (χ2n) is 14.8. The Bertz CT molecular complexity index is 1280. The normalized spacial score (nSPS) is 13.2. The zero-order valence-corrected chi connectivity index (χ0v) is 29.5. The lowest BCUT2D eigenvalue weighted by Crippen LogP contribution is -2.68. The van der Waals surface area contributed by atoms with Gasteiger partial charge in [0.1, 0.15) is 40.4 Å². The molecule has 0 aliphatic heterocycles. The van der Waals surface area contributed by atoms with Crippen LogP contribution in [0.1, 0.15) is 95.6 Å². The van der Waals surface area contributed by atoms with Crippen LogP contribution in [-0.4, -0.2) is 69.5 Å². The third-order valence-corrected chi connectivity index (χ3v) is 6.79. The smallest absolute Gasteiger partial charge is 0.408 e. The van der Waals surface area contributed by atoms with Crippen LogP contribution in [0.3, 0.4) is 0 Å². The molecule has 1 aromatic rings. The maximum atomic E-state index is 13.3. The van der Waals surface area contributed by atoms with Crippen LogP contribution in [-0.2, 0) is 40.1 Å². The first kappa shape index (κ1) is 39.9. The minimum atomic E-state index is -1.53. The van der Waals surface area contributed by atoms with Crippen LogP contribution < -0.4 is 26.6 Å². The summed E-state index contributed by atoms with van der Waals surface area (Å²) >= 11 is 0. The van der Waals surface area contributed by atoms with Gasteiger partial charge in [0.25, 0.3) is 0 Å². The molecule has 0 fully saturated rings. The van der Waals surface area contributed by atoms with E-state index in [4.69, 9.17) is 9.47 Å². The Morgan fingerprint density at radius 1 is 0.609 bits per heavy atom. The largest absolute Gasteiger partial charge is 0.458 e. The fourth-order valence-corrected chi connectivity index (χ4v) is 3.75. The fourth-order valence-electron chi connectivity index (χ4n) is 3.75. The van der Waals surface area contributed by atoms with E-state index < -0.39 is 69.5 Å². The van der Waals surface area contributed by atoms with Crippen molar-refractivity contribution >= 4 is 35.7 Å². The lowest BCUT2D eigenvalue weighted by atomic mass is 9.95. The number of benzene rings is 1. The molecule has 0 spiro atoms. The van der Waals surface area contributed by atoms with E-state index >= 15 is 0 Å². The van der Waals surface area contributed by atoms with E-state index in [1.54, 1.807) is 58.9 Å². The standard InChI is InChI=1S/C33H53N5O8/c1-20(2)22(23(39)46-29(3,4)5)34-24(40)30(6,7)35-25(41)31(8,9)36-26(42)32(10,11)37-27(43)33(12,13)38-28(44)45-19-21-17-15-14-16-18-21/h14-18,20,22H,19H2,1-13H3,(H,34,40)(H,35,41)(H,36,42)(H,37,43)(H,38,44)/t22-/m0/s1. The summed E-state index contributed by atoms with van der Waals surface area (Å²) in [6.45, 7) is 20.3. The number of hydrogen-bond donors (Lipinski definition) is 5. The predicted molar refractivity (Wildman–Crippen MR) is 173 cm³/mol. The summed E-state index contributed by atoms with van der Waals surface area (Å²) in [5.41, 5.74) is -5.98. The Morgan fingerprint density at radius 3 is 1.39 bits per heavy atom. The van der Waals surface area contributed by atoms with Crippen molar-refractivity contribution in [3.8, 4) is 0 Å². The lowest BCUT2D eigenvalue weighted by molar-refractivity contribution is -0.160. The second kappa shape index (κ2) is 15.0. The molecule has 0 bridgehead atoms. The zero-order valence-electron chi connectivity index (χ0n) is 29.5. The molecule has 0 aliphatic rings. The maximum absolute atomic E-state index is 13.3. The molecule has 5 amide bonds. The first-order valence-corrected chi connectivity index (χ1v) is 15.2. The van der Waals surface area contributed by atoms with Gasteiger partial charge < -0.3 is 36.1 Å². The first-order chi connectivity index (χ1) is 20.7. The Labute approximate surface area is 272 Å². The van der Waals surface area contributed by atoms with Gasteiger partial charge in [0.05, 0.1) is 0 Å². The SMILES string of the molecule is CC(C)[C@H](NC(=O)C(C)(C)NC(=O)C(C)(C)NC(=O)C(C)(C)NC(=O)C(C)(C)NC(=O)OCc1ccccc1)C(=O)OC(C)(C)C. The van der Waals surface area contributed by atoms with Crippen LogP contribution in [0, 0.1) is 5.92 Å². The predicted octanol–water partition coefficient (Wildman–Crippen LogP) is 2.86. The number of nitrogens with one attached hydrogen (secondary N) is 5. The quantitative estimate of drug-likeness (QED) is 0.203. The minimum Gasteiger partial charge on any atom is -0.458 e. The molecule has 1 atom stereocenters.